The van der Waals surface area contributed by atoms with Gasteiger partial charge in [-0.25, -0.2) is 18.0 Å². The molecule has 0 aliphatic carbocycles. The second-order valence-electron chi connectivity index (χ2n) is 10.8. The molecule has 1 saturated heterocycles. The fourth-order valence-electron chi connectivity index (χ4n) is 5.09. The highest BCUT2D eigenvalue weighted by molar-refractivity contribution is 5.96. The third-order valence-corrected chi connectivity index (χ3v) is 7.51. The summed E-state index contributed by atoms with van der Waals surface area (Å²) in [5.74, 6) is -3.12. The zero-order valence-corrected chi connectivity index (χ0v) is 24.6. The molecule has 15 heteroatoms. The first-order valence-corrected chi connectivity index (χ1v) is 14.4. The van der Waals surface area contributed by atoms with Crippen molar-refractivity contribution in [3.63, 3.8) is 0 Å². The van der Waals surface area contributed by atoms with E-state index in [4.69, 9.17) is 15.2 Å². The number of rotatable bonds is 11. The van der Waals surface area contributed by atoms with Gasteiger partial charge in [-0.3, -0.25) is 9.78 Å². The van der Waals surface area contributed by atoms with E-state index in [0.717, 1.165) is 6.20 Å². The van der Waals surface area contributed by atoms with E-state index >= 15 is 0 Å². The van der Waals surface area contributed by atoms with E-state index in [1.54, 1.807) is 12.2 Å². The summed E-state index contributed by atoms with van der Waals surface area (Å²) in [4.78, 5) is 28.8. The van der Waals surface area contributed by atoms with Crippen LogP contribution in [0.25, 0.3) is 0 Å². The van der Waals surface area contributed by atoms with Crippen molar-refractivity contribution < 1.29 is 45.4 Å². The summed E-state index contributed by atoms with van der Waals surface area (Å²) in [7, 11) is 0. The molecule has 2 amide bonds. The van der Waals surface area contributed by atoms with Crippen molar-refractivity contribution >= 4 is 17.7 Å². The Balaban J connectivity index is 1.38. The first-order valence-electron chi connectivity index (χ1n) is 14.4. The number of hydrogen-bond donors (Lipinski definition) is 4. The first kappa shape index (κ1) is 34.7. The minimum Gasteiger partial charge on any atom is -0.448 e. The van der Waals surface area contributed by atoms with Crippen molar-refractivity contribution in [2.45, 2.75) is 56.2 Å². The lowest BCUT2D eigenvalue weighted by Gasteiger charge is -2.35. The Hall–Kier alpha value is -4.21. The summed E-state index contributed by atoms with van der Waals surface area (Å²) in [6.07, 6.45) is -3.96. The van der Waals surface area contributed by atoms with E-state index in [1.165, 1.54) is 54.7 Å². The van der Waals surface area contributed by atoms with Crippen molar-refractivity contribution in [3.05, 3.63) is 95.1 Å². The van der Waals surface area contributed by atoms with Gasteiger partial charge in [-0.1, -0.05) is 24.3 Å². The predicted molar refractivity (Wildman–Crippen MR) is 155 cm³/mol. The van der Waals surface area contributed by atoms with Gasteiger partial charge in [0.25, 0.3) is 0 Å². The van der Waals surface area contributed by atoms with Gasteiger partial charge in [0, 0.05) is 18.0 Å². The number of alkyl carbamates (subject to hydrolysis) is 1. The summed E-state index contributed by atoms with van der Waals surface area (Å²) in [5, 5.41) is 7.39. The molecule has 1 aromatic heterocycles. The normalized spacial score (nSPS) is 19.0. The Bertz CT molecular complexity index is 1430. The molecule has 4 rings (SSSR count). The monoisotopic (exact) mass is 653 g/mol. The van der Waals surface area contributed by atoms with Crippen LogP contribution in [-0.4, -0.2) is 67.1 Å². The van der Waals surface area contributed by atoms with Gasteiger partial charge in [0.1, 0.15) is 30.6 Å². The zero-order chi connectivity index (χ0) is 33.4. The Kier molecular flexibility index (Phi) is 11.6. The number of hydrogen-bond acceptors (Lipinski definition) is 7. The fraction of sp³-hybridized carbons (Fsp3) is 0.387. The molecule has 4 atom stereocenters. The highest BCUT2D eigenvalue weighted by atomic mass is 19.4. The van der Waals surface area contributed by atoms with Crippen LogP contribution >= 0.6 is 0 Å². The number of amides is 2. The highest BCUT2D eigenvalue weighted by Crippen LogP contribution is 2.30. The van der Waals surface area contributed by atoms with E-state index in [0.29, 0.717) is 17.5 Å². The van der Waals surface area contributed by atoms with Gasteiger partial charge in [0.15, 0.2) is 0 Å². The number of alkyl halides is 3. The number of carbonyl (C=O) groups excluding carboxylic acids is 2. The molecule has 9 nitrogen and oxygen atoms in total. The van der Waals surface area contributed by atoms with Crippen LogP contribution in [0.2, 0.25) is 0 Å². The van der Waals surface area contributed by atoms with Gasteiger partial charge in [-0.15, -0.1) is 0 Å². The molecule has 46 heavy (non-hydrogen) atoms. The van der Waals surface area contributed by atoms with Gasteiger partial charge < -0.3 is 31.2 Å². The fourth-order valence-corrected chi connectivity index (χ4v) is 5.09. The number of pyridine rings is 1. The Morgan fingerprint density at radius 3 is 2.22 bits per heavy atom. The summed E-state index contributed by atoms with van der Waals surface area (Å²) >= 11 is 0. The third-order valence-electron chi connectivity index (χ3n) is 7.51. The van der Waals surface area contributed by atoms with Crippen molar-refractivity contribution in [2.24, 2.45) is 5.73 Å². The smallest absolute Gasteiger partial charge is 0.407 e. The average Bonchev–Trinajstić information content (AvgIpc) is 3.01. The minimum absolute atomic E-state index is 0.0883. The Labute approximate surface area is 260 Å². The SMILES string of the molecule is C[C@@H]1O[C@H](CCc2c(F)cncc2NC(=O)C(N)C(c2ccc(F)cc2)c2ccc(F)cc2)CN[C@@H]1COC(=O)NCC(F)(F)F. The number of ether oxygens (including phenoxy) is 2. The van der Waals surface area contributed by atoms with Crippen LogP contribution in [0.5, 0.6) is 0 Å². The van der Waals surface area contributed by atoms with E-state index < -0.39 is 72.4 Å². The number of halogens is 6. The number of nitrogens with two attached hydrogens (primary N) is 1. The van der Waals surface area contributed by atoms with Crippen LogP contribution < -0.4 is 21.7 Å². The molecule has 248 valence electrons. The average molecular weight is 654 g/mol. The van der Waals surface area contributed by atoms with E-state index in [2.05, 4.69) is 15.6 Å². The largest absolute Gasteiger partial charge is 0.448 e. The maximum atomic E-state index is 15.0. The molecule has 0 saturated carbocycles. The van der Waals surface area contributed by atoms with Crippen LogP contribution in [-0.2, 0) is 20.7 Å². The molecule has 1 aliphatic rings. The third kappa shape index (κ3) is 9.64. The minimum atomic E-state index is -4.56. The molecular weight excluding hydrogens is 620 g/mol. The quantitative estimate of drug-likeness (QED) is 0.224. The van der Waals surface area contributed by atoms with Crippen molar-refractivity contribution in [1.82, 2.24) is 15.6 Å². The first-order chi connectivity index (χ1) is 21.8. The second-order valence-corrected chi connectivity index (χ2v) is 10.8. The molecule has 5 N–H and O–H groups in total. The Morgan fingerprint density at radius 1 is 1.04 bits per heavy atom. The lowest BCUT2D eigenvalue weighted by atomic mass is 9.85. The molecule has 2 aromatic carbocycles. The van der Waals surface area contributed by atoms with E-state index in [-0.39, 0.29) is 30.8 Å². The van der Waals surface area contributed by atoms with E-state index in [1.807, 2.05) is 0 Å². The van der Waals surface area contributed by atoms with Crippen LogP contribution in [0, 0.1) is 17.5 Å². The van der Waals surface area contributed by atoms with Gasteiger partial charge in [0.05, 0.1) is 42.4 Å². The van der Waals surface area contributed by atoms with Crippen LogP contribution in [0.1, 0.15) is 36.0 Å². The number of aromatic nitrogens is 1. The lowest BCUT2D eigenvalue weighted by molar-refractivity contribution is -0.124. The van der Waals surface area contributed by atoms with Crippen LogP contribution in [0.3, 0.4) is 0 Å². The zero-order valence-electron chi connectivity index (χ0n) is 24.6. The number of nitrogens with one attached hydrogen (secondary N) is 3. The molecule has 0 radical (unpaired) electrons. The molecule has 2 heterocycles. The number of carbonyl (C=O) groups is 2. The summed E-state index contributed by atoms with van der Waals surface area (Å²) in [6, 6.07) is 9.06. The number of benzene rings is 2. The van der Waals surface area contributed by atoms with Crippen molar-refractivity contribution in [2.75, 3.05) is 25.0 Å². The number of nitrogens with zero attached hydrogens (tertiary/aromatic N) is 1. The predicted octanol–water partition coefficient (Wildman–Crippen LogP) is 4.56. The summed E-state index contributed by atoms with van der Waals surface area (Å²) in [6.45, 7) is 0.225. The molecule has 0 bridgehead atoms. The standard InChI is InChI=1S/C31H33F6N5O4/c1-17-26(15-45-30(44)41-16-31(35,36)37)40-12-22(46-17)10-11-23-24(34)13-39-14-25(23)42-29(43)28(38)27(18-2-6-20(32)7-3-18)19-4-8-21(33)9-5-19/h2-9,13-14,17,22,26-28,40H,10-12,15-16,38H2,1H3,(H,41,44)(H,42,43)/t17-,22+,26+,28?/m0/s1. The maximum absolute atomic E-state index is 15.0. The molecule has 0 spiro atoms. The molecule has 3 aromatic rings. The number of anilines is 1. The van der Waals surface area contributed by atoms with Gasteiger partial charge in [-0.05, 0) is 55.2 Å². The molecule has 1 fully saturated rings. The Morgan fingerprint density at radius 2 is 1.65 bits per heavy atom. The van der Waals surface area contributed by atoms with Gasteiger partial charge in [0.2, 0.25) is 5.91 Å². The highest BCUT2D eigenvalue weighted by Gasteiger charge is 2.32. The number of morpholine rings is 1. The van der Waals surface area contributed by atoms with Gasteiger partial charge >= 0.3 is 12.3 Å². The molecule has 1 unspecified atom stereocenters. The van der Waals surface area contributed by atoms with Crippen LogP contribution in [0.4, 0.5) is 36.8 Å². The van der Waals surface area contributed by atoms with Crippen LogP contribution in [0.15, 0.2) is 60.9 Å². The summed E-state index contributed by atoms with van der Waals surface area (Å²) < 4.78 is 89.9. The van der Waals surface area contributed by atoms with Gasteiger partial charge in [-0.2, -0.15) is 13.2 Å². The second kappa shape index (κ2) is 15.4. The maximum Gasteiger partial charge on any atom is 0.407 e. The van der Waals surface area contributed by atoms with E-state index in [9.17, 15) is 35.9 Å². The lowest BCUT2D eigenvalue weighted by Crippen LogP contribution is -2.54. The summed E-state index contributed by atoms with van der Waals surface area (Å²) in [5.41, 5.74) is 7.67. The topological polar surface area (TPSA) is 128 Å². The molecular formula is C31H33F6N5O4. The molecule has 1 aliphatic heterocycles. The van der Waals surface area contributed by atoms with Crippen molar-refractivity contribution in [3.8, 4) is 0 Å². The van der Waals surface area contributed by atoms with Crippen molar-refractivity contribution in [1.29, 1.82) is 0 Å².